The maximum atomic E-state index is 11.4. The summed E-state index contributed by atoms with van der Waals surface area (Å²) in [6.07, 6.45) is 0.715. The van der Waals surface area contributed by atoms with Crippen molar-refractivity contribution in [3.05, 3.63) is 28.8 Å². The summed E-state index contributed by atoms with van der Waals surface area (Å²) in [6, 6.07) is 6.31. The number of nitrogens with zero attached hydrogens (tertiary/aromatic N) is 1. The van der Waals surface area contributed by atoms with Crippen LogP contribution in [0.5, 0.6) is 0 Å². The monoisotopic (exact) mass is 296 g/mol. The van der Waals surface area contributed by atoms with Gasteiger partial charge in [0.1, 0.15) is 5.01 Å². The minimum absolute atomic E-state index is 0.0822. The molecule has 0 spiro atoms. The van der Waals surface area contributed by atoms with E-state index in [0.717, 1.165) is 10.5 Å². The summed E-state index contributed by atoms with van der Waals surface area (Å²) in [4.78, 5) is 4.56. The lowest BCUT2D eigenvalue weighted by Gasteiger charge is -2.07. The average molecular weight is 296 g/mol. The van der Waals surface area contributed by atoms with E-state index in [9.17, 15) is 8.42 Å². The highest BCUT2D eigenvalue weighted by Gasteiger charge is 2.27. The summed E-state index contributed by atoms with van der Waals surface area (Å²) in [5, 5.41) is 4.32. The SMILES string of the molecule is Cc1ccc2nc(CNC3CCS(=O)(=O)C3)sc2c1. The predicted molar refractivity (Wildman–Crippen MR) is 78.3 cm³/mol. The Bertz CT molecular complexity index is 707. The molecule has 1 aliphatic heterocycles. The van der Waals surface area contributed by atoms with Crippen LogP contribution in [0.1, 0.15) is 17.0 Å². The van der Waals surface area contributed by atoms with Crippen LogP contribution >= 0.6 is 11.3 Å². The fourth-order valence-corrected chi connectivity index (χ4v) is 5.07. The summed E-state index contributed by atoms with van der Waals surface area (Å²) in [6.45, 7) is 2.72. The number of thiazole rings is 1. The summed E-state index contributed by atoms with van der Waals surface area (Å²) in [7, 11) is -2.81. The average Bonchev–Trinajstić information content (AvgIpc) is 2.89. The molecule has 1 N–H and O–H groups in total. The van der Waals surface area contributed by atoms with Crippen molar-refractivity contribution in [3.63, 3.8) is 0 Å². The number of nitrogens with one attached hydrogen (secondary N) is 1. The third-order valence-corrected chi connectivity index (χ3v) is 6.15. The number of sulfone groups is 1. The fraction of sp³-hybridized carbons (Fsp3) is 0.462. The minimum Gasteiger partial charge on any atom is -0.307 e. The molecule has 102 valence electrons. The van der Waals surface area contributed by atoms with Gasteiger partial charge in [0, 0.05) is 12.6 Å². The van der Waals surface area contributed by atoms with Gasteiger partial charge < -0.3 is 5.32 Å². The molecule has 1 fully saturated rings. The van der Waals surface area contributed by atoms with Gasteiger partial charge in [-0.3, -0.25) is 0 Å². The topological polar surface area (TPSA) is 59.1 Å². The van der Waals surface area contributed by atoms with Crippen LogP contribution in [0, 0.1) is 6.92 Å². The zero-order valence-electron chi connectivity index (χ0n) is 10.7. The molecule has 6 heteroatoms. The smallest absolute Gasteiger partial charge is 0.151 e. The second-order valence-electron chi connectivity index (χ2n) is 5.06. The van der Waals surface area contributed by atoms with Gasteiger partial charge in [-0.25, -0.2) is 13.4 Å². The number of rotatable bonds is 3. The first-order valence-electron chi connectivity index (χ1n) is 6.32. The zero-order valence-corrected chi connectivity index (χ0v) is 12.4. The summed E-state index contributed by atoms with van der Waals surface area (Å²) < 4.78 is 23.9. The van der Waals surface area contributed by atoms with E-state index < -0.39 is 9.84 Å². The quantitative estimate of drug-likeness (QED) is 0.939. The van der Waals surface area contributed by atoms with Gasteiger partial charge in [-0.05, 0) is 31.0 Å². The first-order valence-corrected chi connectivity index (χ1v) is 8.95. The molecular formula is C13H16N2O2S2. The van der Waals surface area contributed by atoms with Crippen LogP contribution < -0.4 is 5.32 Å². The predicted octanol–water partition coefficient (Wildman–Crippen LogP) is 1.88. The van der Waals surface area contributed by atoms with E-state index >= 15 is 0 Å². The molecule has 3 rings (SSSR count). The van der Waals surface area contributed by atoms with E-state index in [4.69, 9.17) is 0 Å². The summed E-state index contributed by atoms with van der Waals surface area (Å²) in [5.74, 6) is 0.570. The van der Waals surface area contributed by atoms with Crippen molar-refractivity contribution >= 4 is 31.4 Å². The van der Waals surface area contributed by atoms with E-state index in [1.165, 1.54) is 10.3 Å². The lowest BCUT2D eigenvalue weighted by molar-refractivity contribution is 0.553. The van der Waals surface area contributed by atoms with E-state index in [1.54, 1.807) is 11.3 Å². The van der Waals surface area contributed by atoms with Crippen LogP contribution in [0.4, 0.5) is 0 Å². The molecule has 4 nitrogen and oxygen atoms in total. The zero-order chi connectivity index (χ0) is 13.5. The van der Waals surface area contributed by atoms with Crippen LogP contribution in [-0.2, 0) is 16.4 Å². The Morgan fingerprint density at radius 1 is 1.47 bits per heavy atom. The second kappa shape index (κ2) is 4.85. The molecule has 2 heterocycles. The van der Waals surface area contributed by atoms with Gasteiger partial charge in [-0.1, -0.05) is 6.07 Å². The van der Waals surface area contributed by atoms with Crippen molar-refractivity contribution < 1.29 is 8.42 Å². The molecular weight excluding hydrogens is 280 g/mol. The Hall–Kier alpha value is -0.980. The lowest BCUT2D eigenvalue weighted by atomic mass is 10.2. The standard InChI is InChI=1S/C13H16N2O2S2/c1-9-2-3-11-12(6-9)18-13(15-11)7-14-10-4-5-19(16,17)8-10/h2-3,6,10,14H,4-5,7-8H2,1H3. The third kappa shape index (κ3) is 2.96. The third-order valence-electron chi connectivity index (χ3n) is 3.36. The number of benzene rings is 1. The number of hydrogen-bond acceptors (Lipinski definition) is 5. The summed E-state index contributed by atoms with van der Waals surface area (Å²) in [5.41, 5.74) is 2.25. The lowest BCUT2D eigenvalue weighted by Crippen LogP contribution is -2.29. The molecule has 0 radical (unpaired) electrons. The van der Waals surface area contributed by atoms with Crippen molar-refractivity contribution in [2.75, 3.05) is 11.5 Å². The Morgan fingerprint density at radius 2 is 2.32 bits per heavy atom. The number of aromatic nitrogens is 1. The van der Waals surface area contributed by atoms with E-state index in [2.05, 4.69) is 29.4 Å². The van der Waals surface area contributed by atoms with Crippen molar-refractivity contribution in [2.45, 2.75) is 25.9 Å². The van der Waals surface area contributed by atoms with Gasteiger partial charge in [0.05, 0.1) is 21.7 Å². The summed E-state index contributed by atoms with van der Waals surface area (Å²) >= 11 is 1.67. The highest BCUT2D eigenvalue weighted by Crippen LogP contribution is 2.23. The van der Waals surface area contributed by atoms with Gasteiger partial charge in [-0.2, -0.15) is 0 Å². The number of fused-ring (bicyclic) bond motifs is 1. The highest BCUT2D eigenvalue weighted by molar-refractivity contribution is 7.91. The van der Waals surface area contributed by atoms with Crippen LogP contribution in [-0.4, -0.2) is 30.9 Å². The molecule has 19 heavy (non-hydrogen) atoms. The van der Waals surface area contributed by atoms with Gasteiger partial charge >= 0.3 is 0 Å². The Labute approximate surface area is 116 Å². The van der Waals surface area contributed by atoms with Gasteiger partial charge in [0.2, 0.25) is 0 Å². The van der Waals surface area contributed by atoms with Crippen LogP contribution in [0.2, 0.25) is 0 Å². The molecule has 1 unspecified atom stereocenters. The molecule has 1 atom stereocenters. The molecule has 0 saturated carbocycles. The molecule has 1 aliphatic rings. The molecule has 0 amide bonds. The molecule has 1 aromatic carbocycles. The Kier molecular flexibility index (Phi) is 3.32. The van der Waals surface area contributed by atoms with Crippen molar-refractivity contribution in [1.82, 2.24) is 10.3 Å². The van der Waals surface area contributed by atoms with Gasteiger partial charge in [0.15, 0.2) is 9.84 Å². The van der Waals surface area contributed by atoms with Crippen molar-refractivity contribution in [1.29, 1.82) is 0 Å². The maximum absolute atomic E-state index is 11.4. The first-order chi connectivity index (χ1) is 9.02. The fourth-order valence-electron chi connectivity index (χ4n) is 2.34. The van der Waals surface area contributed by atoms with Crippen LogP contribution in [0.25, 0.3) is 10.2 Å². The highest BCUT2D eigenvalue weighted by atomic mass is 32.2. The maximum Gasteiger partial charge on any atom is 0.151 e. The molecule has 1 saturated heterocycles. The normalized spacial score (nSPS) is 22.1. The van der Waals surface area contributed by atoms with E-state index in [1.807, 2.05) is 6.07 Å². The number of hydrogen-bond donors (Lipinski definition) is 1. The van der Waals surface area contributed by atoms with E-state index in [0.29, 0.717) is 18.7 Å². The molecule has 0 aliphatic carbocycles. The van der Waals surface area contributed by atoms with Crippen LogP contribution in [0.15, 0.2) is 18.2 Å². The first kappa shape index (κ1) is 13.0. The number of aryl methyl sites for hydroxylation is 1. The minimum atomic E-state index is -2.81. The molecule has 2 aromatic rings. The Morgan fingerprint density at radius 3 is 3.05 bits per heavy atom. The van der Waals surface area contributed by atoms with Crippen LogP contribution in [0.3, 0.4) is 0 Å². The Balaban J connectivity index is 1.69. The van der Waals surface area contributed by atoms with Crippen molar-refractivity contribution in [3.8, 4) is 0 Å². The van der Waals surface area contributed by atoms with Gasteiger partial charge in [0.25, 0.3) is 0 Å². The molecule has 1 aromatic heterocycles. The molecule has 0 bridgehead atoms. The van der Waals surface area contributed by atoms with E-state index in [-0.39, 0.29) is 11.8 Å². The van der Waals surface area contributed by atoms with Crippen molar-refractivity contribution in [2.24, 2.45) is 0 Å². The largest absolute Gasteiger partial charge is 0.307 e. The van der Waals surface area contributed by atoms with Gasteiger partial charge in [-0.15, -0.1) is 11.3 Å². The second-order valence-corrected chi connectivity index (χ2v) is 8.40.